The Balaban J connectivity index is 1.69. The summed E-state index contributed by atoms with van der Waals surface area (Å²) < 4.78 is 0. The molecule has 2 N–H and O–H groups in total. The molecule has 1 saturated heterocycles. The second-order valence-corrected chi connectivity index (χ2v) is 6.13. The molecule has 1 aromatic carbocycles. The summed E-state index contributed by atoms with van der Waals surface area (Å²) in [6.45, 7) is 6.63. The molecule has 3 rings (SSSR count). The molecule has 0 bridgehead atoms. The van der Waals surface area contributed by atoms with E-state index in [9.17, 15) is 9.59 Å². The number of carbonyl (C=O) groups is 2. The van der Waals surface area contributed by atoms with Crippen LogP contribution in [0.1, 0.15) is 18.9 Å². The van der Waals surface area contributed by atoms with Gasteiger partial charge in [0.15, 0.2) is 0 Å². The van der Waals surface area contributed by atoms with Crippen molar-refractivity contribution in [2.45, 2.75) is 25.9 Å². The Morgan fingerprint density at radius 2 is 2.22 bits per heavy atom. The van der Waals surface area contributed by atoms with Crippen LogP contribution in [0, 0.1) is 5.92 Å². The smallest absolute Gasteiger partial charge is 0.246 e. The molecule has 2 heterocycles. The van der Waals surface area contributed by atoms with E-state index in [1.54, 1.807) is 4.90 Å². The van der Waals surface area contributed by atoms with Crippen molar-refractivity contribution in [2.75, 3.05) is 6.54 Å². The molecule has 2 atom stereocenters. The van der Waals surface area contributed by atoms with Gasteiger partial charge in [-0.05, 0) is 30.0 Å². The summed E-state index contributed by atoms with van der Waals surface area (Å²) in [5.74, 6) is 0.0409. The van der Waals surface area contributed by atoms with Gasteiger partial charge in [0, 0.05) is 30.2 Å². The number of aromatic nitrogens is 1. The lowest BCUT2D eigenvalue weighted by Gasteiger charge is -2.22. The third-order valence-electron chi connectivity index (χ3n) is 4.40. The van der Waals surface area contributed by atoms with Gasteiger partial charge in [0.25, 0.3) is 0 Å². The number of nitrogens with one attached hydrogen (secondary N) is 2. The standard InChI is InChI=1S/C18H21N3O2/c1-3-17(22)21-11-12(2)8-16(21)18(23)20-10-13-9-19-15-7-5-4-6-14(13)15/h3-7,9,12,16,19H,1,8,10-11H2,2H3,(H,20,23)/t12-,16+/m1/s1. The van der Waals surface area contributed by atoms with Crippen molar-refractivity contribution in [1.29, 1.82) is 0 Å². The molecule has 1 fully saturated rings. The zero-order chi connectivity index (χ0) is 16.4. The molecule has 1 aromatic heterocycles. The van der Waals surface area contributed by atoms with Crippen molar-refractivity contribution in [2.24, 2.45) is 5.92 Å². The summed E-state index contributed by atoms with van der Waals surface area (Å²) in [5, 5.41) is 4.06. The van der Waals surface area contributed by atoms with E-state index < -0.39 is 6.04 Å². The number of carbonyl (C=O) groups excluding carboxylic acids is 2. The van der Waals surface area contributed by atoms with Gasteiger partial charge in [-0.15, -0.1) is 0 Å². The molecule has 0 saturated carbocycles. The van der Waals surface area contributed by atoms with Crippen molar-refractivity contribution in [3.8, 4) is 0 Å². The maximum atomic E-state index is 12.5. The van der Waals surface area contributed by atoms with Gasteiger partial charge in [0.2, 0.25) is 11.8 Å². The summed E-state index contributed by atoms with van der Waals surface area (Å²) in [5.41, 5.74) is 2.09. The molecule has 23 heavy (non-hydrogen) atoms. The number of aromatic amines is 1. The normalized spacial score (nSPS) is 20.7. The highest BCUT2D eigenvalue weighted by atomic mass is 16.2. The van der Waals surface area contributed by atoms with E-state index in [4.69, 9.17) is 0 Å². The molecule has 120 valence electrons. The fourth-order valence-corrected chi connectivity index (χ4v) is 3.23. The molecular formula is C18H21N3O2. The van der Waals surface area contributed by atoms with Crippen LogP contribution in [0.15, 0.2) is 43.1 Å². The zero-order valence-electron chi connectivity index (χ0n) is 13.2. The van der Waals surface area contributed by atoms with Crippen LogP contribution < -0.4 is 5.32 Å². The number of rotatable bonds is 4. The quantitative estimate of drug-likeness (QED) is 0.850. The number of benzene rings is 1. The Labute approximate surface area is 135 Å². The first-order chi connectivity index (χ1) is 11.1. The zero-order valence-corrected chi connectivity index (χ0v) is 13.2. The number of hydrogen-bond acceptors (Lipinski definition) is 2. The molecule has 0 spiro atoms. The summed E-state index contributed by atoms with van der Waals surface area (Å²) in [7, 11) is 0. The van der Waals surface area contributed by atoms with Crippen molar-refractivity contribution < 1.29 is 9.59 Å². The third-order valence-corrected chi connectivity index (χ3v) is 4.40. The number of amides is 2. The summed E-state index contributed by atoms with van der Waals surface area (Å²) >= 11 is 0. The molecule has 0 radical (unpaired) electrons. The number of H-pyrrole nitrogens is 1. The number of para-hydroxylation sites is 1. The van der Waals surface area contributed by atoms with Crippen LogP contribution in [0.2, 0.25) is 0 Å². The first-order valence-electron chi connectivity index (χ1n) is 7.86. The maximum absolute atomic E-state index is 12.5. The van der Waals surface area contributed by atoms with Crippen LogP contribution in [0.5, 0.6) is 0 Å². The Hall–Kier alpha value is -2.56. The number of fused-ring (bicyclic) bond motifs is 1. The van der Waals surface area contributed by atoms with Crippen LogP contribution in [0.25, 0.3) is 10.9 Å². The summed E-state index contributed by atoms with van der Waals surface area (Å²) in [4.78, 5) is 29.2. The van der Waals surface area contributed by atoms with Gasteiger partial charge in [-0.2, -0.15) is 0 Å². The highest BCUT2D eigenvalue weighted by Crippen LogP contribution is 2.24. The number of likely N-dealkylation sites (tertiary alicyclic amines) is 1. The minimum absolute atomic E-state index is 0.102. The van der Waals surface area contributed by atoms with E-state index >= 15 is 0 Å². The van der Waals surface area contributed by atoms with Crippen molar-refractivity contribution in [1.82, 2.24) is 15.2 Å². The minimum atomic E-state index is -0.402. The van der Waals surface area contributed by atoms with Crippen LogP contribution in [0.4, 0.5) is 0 Å². The summed E-state index contributed by atoms with van der Waals surface area (Å²) in [6.07, 6.45) is 3.88. The Morgan fingerprint density at radius 3 is 3.00 bits per heavy atom. The van der Waals surface area contributed by atoms with Gasteiger partial charge in [-0.25, -0.2) is 0 Å². The molecule has 5 nitrogen and oxygen atoms in total. The highest BCUT2D eigenvalue weighted by Gasteiger charge is 2.36. The van der Waals surface area contributed by atoms with Gasteiger partial charge in [0.05, 0.1) is 0 Å². The predicted molar refractivity (Wildman–Crippen MR) is 89.6 cm³/mol. The van der Waals surface area contributed by atoms with Gasteiger partial charge in [-0.1, -0.05) is 31.7 Å². The summed E-state index contributed by atoms with van der Waals surface area (Å²) in [6, 6.07) is 7.58. The number of hydrogen-bond donors (Lipinski definition) is 2. The average Bonchev–Trinajstić information content (AvgIpc) is 3.15. The largest absolute Gasteiger partial charge is 0.361 e. The van der Waals surface area contributed by atoms with Crippen molar-refractivity contribution >= 4 is 22.7 Å². The highest BCUT2D eigenvalue weighted by molar-refractivity contribution is 5.93. The van der Waals surface area contributed by atoms with Gasteiger partial charge >= 0.3 is 0 Å². The second kappa shape index (κ2) is 6.28. The van der Waals surface area contributed by atoms with E-state index in [2.05, 4.69) is 23.8 Å². The number of nitrogens with zero attached hydrogens (tertiary/aromatic N) is 1. The van der Waals surface area contributed by atoms with Crippen LogP contribution in [-0.4, -0.2) is 34.3 Å². The van der Waals surface area contributed by atoms with E-state index in [-0.39, 0.29) is 11.8 Å². The first-order valence-corrected chi connectivity index (χ1v) is 7.86. The monoisotopic (exact) mass is 311 g/mol. The lowest BCUT2D eigenvalue weighted by molar-refractivity contribution is -0.135. The van der Waals surface area contributed by atoms with Gasteiger partial charge in [0.1, 0.15) is 6.04 Å². The molecule has 1 aliphatic heterocycles. The van der Waals surface area contributed by atoms with E-state index in [1.807, 2.05) is 30.5 Å². The lowest BCUT2D eigenvalue weighted by Crippen LogP contribution is -2.45. The van der Waals surface area contributed by atoms with E-state index in [0.717, 1.165) is 16.5 Å². The molecule has 2 aromatic rings. The van der Waals surface area contributed by atoms with Crippen LogP contribution in [-0.2, 0) is 16.1 Å². The first kappa shape index (κ1) is 15.3. The lowest BCUT2D eigenvalue weighted by atomic mass is 10.1. The molecule has 0 aliphatic carbocycles. The van der Waals surface area contributed by atoms with Crippen molar-refractivity contribution in [3.05, 3.63) is 48.7 Å². The van der Waals surface area contributed by atoms with Crippen molar-refractivity contribution in [3.63, 3.8) is 0 Å². The topological polar surface area (TPSA) is 65.2 Å². The fourth-order valence-electron chi connectivity index (χ4n) is 3.23. The molecule has 5 heteroatoms. The average molecular weight is 311 g/mol. The predicted octanol–water partition coefficient (Wildman–Crippen LogP) is 2.21. The maximum Gasteiger partial charge on any atom is 0.246 e. The van der Waals surface area contributed by atoms with Gasteiger partial charge < -0.3 is 15.2 Å². The molecular weight excluding hydrogens is 290 g/mol. The second-order valence-electron chi connectivity index (χ2n) is 6.13. The van der Waals surface area contributed by atoms with Crippen LogP contribution in [0.3, 0.4) is 0 Å². The molecule has 2 amide bonds. The Morgan fingerprint density at radius 1 is 1.43 bits per heavy atom. The van der Waals surface area contributed by atoms with Crippen LogP contribution >= 0.6 is 0 Å². The SMILES string of the molecule is C=CC(=O)N1C[C@H](C)C[C@H]1C(=O)NCc1c[nH]c2ccccc12. The Bertz CT molecular complexity index is 750. The van der Waals surface area contributed by atoms with E-state index in [1.165, 1.54) is 6.08 Å². The van der Waals surface area contributed by atoms with E-state index in [0.29, 0.717) is 25.4 Å². The minimum Gasteiger partial charge on any atom is -0.361 e. The third kappa shape index (κ3) is 2.99. The molecule has 0 unspecified atom stereocenters. The fraction of sp³-hybridized carbons (Fsp3) is 0.333. The Kier molecular flexibility index (Phi) is 4.19. The van der Waals surface area contributed by atoms with Gasteiger partial charge in [-0.3, -0.25) is 9.59 Å². The molecule has 1 aliphatic rings.